The van der Waals surface area contributed by atoms with Crippen molar-refractivity contribution in [1.29, 1.82) is 0 Å². The molecule has 0 radical (unpaired) electrons. The molecule has 3 nitrogen and oxygen atoms in total. The zero-order valence-corrected chi connectivity index (χ0v) is 11.6. The van der Waals surface area contributed by atoms with Gasteiger partial charge in [-0.25, -0.2) is 0 Å². The molecule has 100 valence electrons. The van der Waals surface area contributed by atoms with Crippen LogP contribution in [0.1, 0.15) is 50.3 Å². The van der Waals surface area contributed by atoms with E-state index in [0.29, 0.717) is 6.42 Å². The minimum Gasteiger partial charge on any atom is -0.350 e. The molecular weight excluding hydrogens is 224 g/mol. The van der Waals surface area contributed by atoms with Gasteiger partial charge in [0.05, 0.1) is 6.04 Å². The highest BCUT2D eigenvalue weighted by Crippen LogP contribution is 2.16. The van der Waals surface area contributed by atoms with E-state index in [1.807, 2.05) is 26.0 Å². The summed E-state index contributed by atoms with van der Waals surface area (Å²) in [5.74, 6) is 0.103. The molecule has 0 fully saturated rings. The van der Waals surface area contributed by atoms with Gasteiger partial charge in [0.15, 0.2) is 0 Å². The number of hydrogen-bond donors (Lipinski definition) is 2. The molecular formula is C15H24N2O. The van der Waals surface area contributed by atoms with Crippen LogP contribution < -0.4 is 11.1 Å². The van der Waals surface area contributed by atoms with Gasteiger partial charge < -0.3 is 11.1 Å². The van der Waals surface area contributed by atoms with Crippen LogP contribution in [0.2, 0.25) is 0 Å². The Kier molecular flexibility index (Phi) is 5.86. The van der Waals surface area contributed by atoms with Gasteiger partial charge in [-0.2, -0.15) is 0 Å². The maximum Gasteiger partial charge on any atom is 0.220 e. The fourth-order valence-corrected chi connectivity index (χ4v) is 2.05. The van der Waals surface area contributed by atoms with Crippen LogP contribution in [0.15, 0.2) is 24.3 Å². The fourth-order valence-electron chi connectivity index (χ4n) is 2.05. The average Bonchev–Trinajstić information content (AvgIpc) is 2.28. The van der Waals surface area contributed by atoms with Crippen LogP contribution in [0.4, 0.5) is 0 Å². The van der Waals surface area contributed by atoms with E-state index in [9.17, 15) is 4.79 Å². The van der Waals surface area contributed by atoms with Crippen molar-refractivity contribution < 1.29 is 4.79 Å². The topological polar surface area (TPSA) is 55.1 Å². The van der Waals surface area contributed by atoms with Crippen LogP contribution in [0.25, 0.3) is 0 Å². The molecule has 0 aromatic heterocycles. The highest BCUT2D eigenvalue weighted by Gasteiger charge is 2.11. The second-order valence-corrected chi connectivity index (χ2v) is 5.02. The lowest BCUT2D eigenvalue weighted by Crippen LogP contribution is -2.27. The Morgan fingerprint density at radius 2 is 2.00 bits per heavy atom. The van der Waals surface area contributed by atoms with Crippen molar-refractivity contribution in [1.82, 2.24) is 5.32 Å². The lowest BCUT2D eigenvalue weighted by atomic mass is 10.0. The first kappa shape index (κ1) is 14.7. The first-order valence-electron chi connectivity index (χ1n) is 6.61. The number of carbonyl (C=O) groups excluding carboxylic acids is 1. The highest BCUT2D eigenvalue weighted by atomic mass is 16.1. The number of aryl methyl sites for hydroxylation is 1. The molecule has 0 aliphatic heterocycles. The Labute approximate surface area is 110 Å². The predicted octanol–water partition coefficient (Wildman–Crippen LogP) is 2.69. The van der Waals surface area contributed by atoms with E-state index in [4.69, 9.17) is 5.73 Å². The van der Waals surface area contributed by atoms with Gasteiger partial charge in [-0.1, -0.05) is 24.3 Å². The third-order valence-corrected chi connectivity index (χ3v) is 3.10. The van der Waals surface area contributed by atoms with Crippen LogP contribution in [0, 0.1) is 6.92 Å². The molecule has 3 heteroatoms. The van der Waals surface area contributed by atoms with E-state index in [1.165, 1.54) is 11.1 Å². The number of nitrogens with two attached hydrogens (primary N) is 1. The Morgan fingerprint density at radius 1 is 1.33 bits per heavy atom. The van der Waals surface area contributed by atoms with E-state index >= 15 is 0 Å². The van der Waals surface area contributed by atoms with Crippen LogP contribution in [-0.4, -0.2) is 11.9 Å². The van der Waals surface area contributed by atoms with Crippen molar-refractivity contribution in [3.63, 3.8) is 0 Å². The Bertz CT molecular complexity index is 388. The fraction of sp³-hybridized carbons (Fsp3) is 0.533. The molecule has 3 N–H and O–H groups in total. The lowest BCUT2D eigenvalue weighted by molar-refractivity contribution is -0.121. The quantitative estimate of drug-likeness (QED) is 0.813. The monoisotopic (exact) mass is 248 g/mol. The summed E-state index contributed by atoms with van der Waals surface area (Å²) in [5, 5.41) is 3.03. The number of rotatable bonds is 6. The summed E-state index contributed by atoms with van der Waals surface area (Å²) >= 11 is 0. The summed E-state index contributed by atoms with van der Waals surface area (Å²) in [6.07, 6.45) is 2.30. The standard InChI is InChI=1S/C15H24N2O/c1-11-7-4-5-9-14(11)13(3)17-15(18)10-6-8-12(2)16/h4-5,7,9,12-13H,6,8,10,16H2,1-3H3,(H,17,18). The molecule has 0 saturated carbocycles. The number of hydrogen-bond acceptors (Lipinski definition) is 2. The lowest BCUT2D eigenvalue weighted by Gasteiger charge is -2.16. The number of amides is 1. The normalized spacial score (nSPS) is 14.0. The van der Waals surface area contributed by atoms with E-state index in [-0.39, 0.29) is 18.0 Å². The Balaban J connectivity index is 2.42. The van der Waals surface area contributed by atoms with E-state index in [0.717, 1.165) is 12.8 Å². The zero-order valence-electron chi connectivity index (χ0n) is 11.6. The summed E-state index contributed by atoms with van der Waals surface area (Å²) in [6, 6.07) is 8.37. The van der Waals surface area contributed by atoms with Crippen molar-refractivity contribution in [2.45, 2.75) is 52.1 Å². The molecule has 1 rings (SSSR count). The van der Waals surface area contributed by atoms with Crippen molar-refractivity contribution in [3.05, 3.63) is 35.4 Å². The molecule has 0 saturated heterocycles. The van der Waals surface area contributed by atoms with Crippen LogP contribution in [-0.2, 0) is 4.79 Å². The second-order valence-electron chi connectivity index (χ2n) is 5.02. The van der Waals surface area contributed by atoms with Crippen LogP contribution >= 0.6 is 0 Å². The van der Waals surface area contributed by atoms with Gasteiger partial charge in [-0.15, -0.1) is 0 Å². The third kappa shape index (κ3) is 4.88. The van der Waals surface area contributed by atoms with Crippen LogP contribution in [0.5, 0.6) is 0 Å². The smallest absolute Gasteiger partial charge is 0.220 e. The Morgan fingerprint density at radius 3 is 2.61 bits per heavy atom. The minimum absolute atomic E-state index is 0.0639. The maximum atomic E-state index is 11.8. The minimum atomic E-state index is 0.0639. The van der Waals surface area contributed by atoms with Crippen molar-refractivity contribution in [2.24, 2.45) is 5.73 Å². The zero-order chi connectivity index (χ0) is 13.5. The summed E-state index contributed by atoms with van der Waals surface area (Å²) < 4.78 is 0. The third-order valence-electron chi connectivity index (χ3n) is 3.10. The SMILES string of the molecule is Cc1ccccc1C(C)NC(=O)CCCC(C)N. The summed E-state index contributed by atoms with van der Waals surface area (Å²) in [5.41, 5.74) is 8.05. The van der Waals surface area contributed by atoms with E-state index < -0.39 is 0 Å². The second kappa shape index (κ2) is 7.17. The van der Waals surface area contributed by atoms with Gasteiger partial charge in [-0.05, 0) is 44.7 Å². The molecule has 0 heterocycles. The molecule has 1 aromatic carbocycles. The molecule has 0 aliphatic carbocycles. The van der Waals surface area contributed by atoms with Crippen molar-refractivity contribution in [3.8, 4) is 0 Å². The van der Waals surface area contributed by atoms with E-state index in [2.05, 4.69) is 24.4 Å². The highest BCUT2D eigenvalue weighted by molar-refractivity contribution is 5.76. The largest absolute Gasteiger partial charge is 0.350 e. The van der Waals surface area contributed by atoms with Gasteiger partial charge in [0.2, 0.25) is 5.91 Å². The first-order valence-corrected chi connectivity index (χ1v) is 6.61. The van der Waals surface area contributed by atoms with Crippen molar-refractivity contribution in [2.75, 3.05) is 0 Å². The Hall–Kier alpha value is -1.35. The van der Waals surface area contributed by atoms with Gasteiger partial charge >= 0.3 is 0 Å². The van der Waals surface area contributed by atoms with Crippen molar-refractivity contribution >= 4 is 5.91 Å². The molecule has 18 heavy (non-hydrogen) atoms. The average molecular weight is 248 g/mol. The first-order chi connectivity index (χ1) is 8.50. The van der Waals surface area contributed by atoms with Gasteiger partial charge in [-0.3, -0.25) is 4.79 Å². The predicted molar refractivity (Wildman–Crippen MR) is 75.2 cm³/mol. The molecule has 1 aromatic rings. The van der Waals surface area contributed by atoms with Gasteiger partial charge in [0.25, 0.3) is 0 Å². The number of carbonyl (C=O) groups is 1. The van der Waals surface area contributed by atoms with Gasteiger partial charge in [0.1, 0.15) is 0 Å². The molecule has 1 amide bonds. The molecule has 0 bridgehead atoms. The summed E-state index contributed by atoms with van der Waals surface area (Å²) in [6.45, 7) is 6.05. The molecule has 0 aliphatic rings. The summed E-state index contributed by atoms with van der Waals surface area (Å²) in [4.78, 5) is 11.8. The summed E-state index contributed by atoms with van der Waals surface area (Å²) in [7, 11) is 0. The molecule has 2 unspecified atom stereocenters. The molecule has 2 atom stereocenters. The molecule has 0 spiro atoms. The van der Waals surface area contributed by atoms with Crippen LogP contribution in [0.3, 0.4) is 0 Å². The number of benzene rings is 1. The van der Waals surface area contributed by atoms with Gasteiger partial charge in [0, 0.05) is 12.5 Å². The maximum absolute atomic E-state index is 11.8. The van der Waals surface area contributed by atoms with E-state index in [1.54, 1.807) is 0 Å². The number of nitrogens with one attached hydrogen (secondary N) is 1.